The smallest absolute Gasteiger partial charge is 0.171 e. The fraction of sp³-hybridized carbons (Fsp3) is 0.111. The molecule has 0 amide bonds. The summed E-state index contributed by atoms with van der Waals surface area (Å²) >= 11 is 0. The molecule has 1 aromatic rings. The number of allylic oxidation sites excluding steroid dienone is 3. The van der Waals surface area contributed by atoms with Crippen molar-refractivity contribution in [3.8, 4) is 0 Å². The van der Waals surface area contributed by atoms with Crippen LogP contribution in [0.15, 0.2) is 76.0 Å². The normalized spacial score (nSPS) is 30.3. The van der Waals surface area contributed by atoms with E-state index in [9.17, 15) is 0 Å². The number of hydrogen-bond donors (Lipinski definition) is 0. The molecular weight excluding hydrogens is 260 g/mol. The van der Waals surface area contributed by atoms with Crippen LogP contribution >= 0.6 is 0 Å². The topological polar surface area (TPSA) is 34.0 Å². The first kappa shape index (κ1) is 11.0. The van der Waals surface area contributed by atoms with Gasteiger partial charge < -0.3 is 4.74 Å². The molecule has 2 atom stereocenters. The molecule has 0 bridgehead atoms. The third-order valence-electron chi connectivity index (χ3n) is 4.35. The average molecular weight is 272 g/mol. The van der Waals surface area contributed by atoms with Crippen LogP contribution in [-0.4, -0.2) is 18.1 Å². The Bertz CT molecular complexity index is 839. The summed E-state index contributed by atoms with van der Waals surface area (Å²) in [5, 5.41) is 0. The summed E-state index contributed by atoms with van der Waals surface area (Å²) in [5.41, 5.74) is 3.93. The Balaban J connectivity index is 1.64. The van der Waals surface area contributed by atoms with Gasteiger partial charge in [0.2, 0.25) is 0 Å². The van der Waals surface area contributed by atoms with E-state index in [1.807, 2.05) is 12.2 Å². The van der Waals surface area contributed by atoms with Gasteiger partial charge in [-0.2, -0.15) is 0 Å². The number of hydrogen-bond acceptors (Lipinski definition) is 3. The Morgan fingerprint density at radius 2 is 1.90 bits per heavy atom. The van der Waals surface area contributed by atoms with Crippen LogP contribution in [-0.2, 0) is 10.3 Å². The molecule has 2 heterocycles. The van der Waals surface area contributed by atoms with Gasteiger partial charge in [-0.15, -0.1) is 0 Å². The second kappa shape index (κ2) is 3.70. The Kier molecular flexibility index (Phi) is 1.94. The van der Waals surface area contributed by atoms with Gasteiger partial charge in [0.25, 0.3) is 0 Å². The van der Waals surface area contributed by atoms with E-state index in [0.29, 0.717) is 0 Å². The van der Waals surface area contributed by atoms with Crippen molar-refractivity contribution < 1.29 is 4.74 Å². The van der Waals surface area contributed by atoms with E-state index >= 15 is 0 Å². The second-order valence-electron chi connectivity index (χ2n) is 5.52. The molecule has 1 aromatic carbocycles. The first-order valence-electron chi connectivity index (χ1n) is 7.04. The molecule has 100 valence electrons. The molecule has 3 heteroatoms. The highest BCUT2D eigenvalue weighted by Gasteiger charge is 2.41. The summed E-state index contributed by atoms with van der Waals surface area (Å²) in [6, 6.07) is 8.25. The number of fused-ring (bicyclic) bond motifs is 4. The highest BCUT2D eigenvalue weighted by molar-refractivity contribution is 6.09. The lowest BCUT2D eigenvalue weighted by Crippen LogP contribution is -2.33. The first-order chi connectivity index (χ1) is 10.4. The maximum atomic E-state index is 6.44. The molecule has 0 fully saturated rings. The van der Waals surface area contributed by atoms with Gasteiger partial charge in [0.1, 0.15) is 12.1 Å². The summed E-state index contributed by atoms with van der Waals surface area (Å²) in [5.74, 6) is 0.897. The van der Waals surface area contributed by atoms with Crippen LogP contribution in [0.25, 0.3) is 6.08 Å². The van der Waals surface area contributed by atoms with E-state index in [2.05, 4.69) is 58.6 Å². The third kappa shape index (κ3) is 1.38. The third-order valence-corrected chi connectivity index (χ3v) is 4.35. The van der Waals surface area contributed by atoms with Crippen molar-refractivity contribution in [3.05, 3.63) is 77.1 Å². The molecule has 0 saturated heterocycles. The van der Waals surface area contributed by atoms with Gasteiger partial charge in [-0.25, -0.2) is 4.99 Å². The van der Waals surface area contributed by atoms with Gasteiger partial charge in [-0.3, -0.25) is 4.99 Å². The zero-order valence-electron chi connectivity index (χ0n) is 11.2. The van der Waals surface area contributed by atoms with Crippen molar-refractivity contribution >= 4 is 18.1 Å². The van der Waals surface area contributed by atoms with Crippen molar-refractivity contribution in [2.24, 2.45) is 9.98 Å². The second-order valence-corrected chi connectivity index (χ2v) is 5.52. The number of nitrogens with zero attached hydrogens (tertiary/aromatic N) is 2. The highest BCUT2D eigenvalue weighted by atomic mass is 16.5. The fourth-order valence-corrected chi connectivity index (χ4v) is 3.28. The Morgan fingerprint density at radius 1 is 1.00 bits per heavy atom. The van der Waals surface area contributed by atoms with Crippen LogP contribution in [0.4, 0.5) is 0 Å². The van der Waals surface area contributed by atoms with Gasteiger partial charge in [0.05, 0.1) is 5.71 Å². The van der Waals surface area contributed by atoms with Crippen molar-refractivity contribution in [2.45, 2.75) is 11.6 Å². The van der Waals surface area contributed by atoms with Gasteiger partial charge in [-0.1, -0.05) is 36.4 Å². The van der Waals surface area contributed by atoms with Crippen LogP contribution in [0.1, 0.15) is 11.1 Å². The molecule has 3 nitrogen and oxygen atoms in total. The van der Waals surface area contributed by atoms with E-state index in [0.717, 1.165) is 17.0 Å². The van der Waals surface area contributed by atoms with Gasteiger partial charge in [-0.05, 0) is 29.9 Å². The fourth-order valence-electron chi connectivity index (χ4n) is 3.28. The Morgan fingerprint density at radius 3 is 2.90 bits per heavy atom. The summed E-state index contributed by atoms with van der Waals surface area (Å²) in [6.07, 6.45) is 14.2. The van der Waals surface area contributed by atoms with Crippen LogP contribution in [0.2, 0.25) is 0 Å². The number of rotatable bonds is 0. The molecule has 2 aliphatic heterocycles. The number of aliphatic imine (C=N–C) groups is 2. The maximum absolute atomic E-state index is 6.44. The molecule has 21 heavy (non-hydrogen) atoms. The minimum Gasteiger partial charge on any atom is -0.475 e. The van der Waals surface area contributed by atoms with Gasteiger partial charge in [0, 0.05) is 11.1 Å². The maximum Gasteiger partial charge on any atom is 0.171 e. The molecule has 5 rings (SSSR count). The largest absolute Gasteiger partial charge is 0.475 e. The summed E-state index contributed by atoms with van der Waals surface area (Å²) in [7, 11) is 0. The Hall–Kier alpha value is -2.68. The van der Waals surface area contributed by atoms with Crippen LogP contribution in [0.3, 0.4) is 0 Å². The lowest BCUT2D eigenvalue weighted by Gasteiger charge is -2.35. The number of ether oxygens (including phenoxy) is 1. The van der Waals surface area contributed by atoms with E-state index in [-0.39, 0.29) is 6.04 Å². The zero-order chi connectivity index (χ0) is 13.9. The summed E-state index contributed by atoms with van der Waals surface area (Å²) in [6.45, 7) is 0. The molecule has 0 aromatic heterocycles. The highest BCUT2D eigenvalue weighted by Crippen LogP contribution is 2.44. The number of benzene rings is 1. The lowest BCUT2D eigenvalue weighted by atomic mass is 9.89. The van der Waals surface area contributed by atoms with Crippen LogP contribution in [0, 0.1) is 0 Å². The SMILES string of the molecule is C1=CC2=C(OC3(C=C2)C=Cc2ccccc23)C2N=CN=C12. The minimum absolute atomic E-state index is 0.0898. The summed E-state index contributed by atoms with van der Waals surface area (Å²) < 4.78 is 6.44. The monoisotopic (exact) mass is 272 g/mol. The molecule has 0 saturated carbocycles. The average Bonchev–Trinajstić information content (AvgIpc) is 3.14. The zero-order valence-corrected chi connectivity index (χ0v) is 11.2. The van der Waals surface area contributed by atoms with Gasteiger partial charge >= 0.3 is 0 Å². The Labute approximate surface area is 122 Å². The molecule has 4 aliphatic rings. The minimum atomic E-state index is -0.496. The van der Waals surface area contributed by atoms with E-state index in [1.54, 1.807) is 6.34 Å². The van der Waals surface area contributed by atoms with E-state index in [4.69, 9.17) is 4.74 Å². The molecular formula is C18H12N2O. The standard InChI is InChI=1S/C18H12N2O/c1-2-4-14-12(3-1)7-9-18(14)10-8-13-5-6-15-16(17(13)21-18)20-11-19-15/h1-11,16H. The van der Waals surface area contributed by atoms with Crippen LogP contribution in [0.5, 0.6) is 0 Å². The molecule has 1 spiro atoms. The van der Waals surface area contributed by atoms with Crippen molar-refractivity contribution in [2.75, 3.05) is 0 Å². The van der Waals surface area contributed by atoms with E-state index in [1.165, 1.54) is 11.1 Å². The molecule has 2 aliphatic carbocycles. The lowest BCUT2D eigenvalue weighted by molar-refractivity contribution is 0.0773. The van der Waals surface area contributed by atoms with Crippen LogP contribution < -0.4 is 0 Å². The predicted molar refractivity (Wildman–Crippen MR) is 83.3 cm³/mol. The quantitative estimate of drug-likeness (QED) is 0.714. The molecule has 0 radical (unpaired) electrons. The summed E-state index contributed by atoms with van der Waals surface area (Å²) in [4.78, 5) is 8.72. The van der Waals surface area contributed by atoms with Crippen molar-refractivity contribution in [3.63, 3.8) is 0 Å². The van der Waals surface area contributed by atoms with Crippen molar-refractivity contribution in [1.82, 2.24) is 0 Å². The molecule has 0 N–H and O–H groups in total. The van der Waals surface area contributed by atoms with Gasteiger partial charge in [0.15, 0.2) is 11.6 Å². The van der Waals surface area contributed by atoms with E-state index < -0.39 is 5.60 Å². The molecule has 2 unspecified atom stereocenters. The van der Waals surface area contributed by atoms with Crippen molar-refractivity contribution in [1.29, 1.82) is 0 Å². The first-order valence-corrected chi connectivity index (χ1v) is 7.04. The predicted octanol–water partition coefficient (Wildman–Crippen LogP) is 3.17.